The van der Waals surface area contributed by atoms with Crippen molar-refractivity contribution in [3.05, 3.63) is 179 Å². The quantitative estimate of drug-likeness (QED) is 0.216. The minimum atomic E-state index is -0.0734. The molecule has 4 nitrogen and oxygen atoms in total. The van der Waals surface area contributed by atoms with Crippen molar-refractivity contribution in [1.29, 1.82) is 0 Å². The Kier molecular flexibility index (Phi) is 6.03. The molecule has 4 heteroatoms. The second-order valence-corrected chi connectivity index (χ2v) is 12.8. The van der Waals surface area contributed by atoms with Gasteiger partial charge in [-0.1, -0.05) is 121 Å². The van der Waals surface area contributed by atoms with Gasteiger partial charge in [0, 0.05) is 40.4 Å². The first kappa shape index (κ1) is 27.0. The Morgan fingerprint density at radius 2 is 1.38 bits per heavy atom. The molecule has 3 aliphatic rings. The second-order valence-electron chi connectivity index (χ2n) is 12.8. The molecule has 0 bridgehead atoms. The monoisotopic (exact) mass is 617 g/mol. The molecular weight excluding hydrogens is 587 g/mol. The first-order valence-corrected chi connectivity index (χ1v) is 16.6. The lowest BCUT2D eigenvalue weighted by molar-refractivity contribution is 0.669. The summed E-state index contributed by atoms with van der Waals surface area (Å²) in [6, 6.07) is 51.8. The van der Waals surface area contributed by atoms with Crippen LogP contribution in [0.4, 0.5) is 5.69 Å². The van der Waals surface area contributed by atoms with E-state index in [9.17, 15) is 0 Å². The summed E-state index contributed by atoms with van der Waals surface area (Å²) in [6.07, 6.45) is 5.23. The zero-order chi connectivity index (χ0) is 31.6. The Bertz CT molecular complexity index is 2580. The fourth-order valence-corrected chi connectivity index (χ4v) is 7.74. The Morgan fingerprint density at radius 1 is 0.646 bits per heavy atom. The van der Waals surface area contributed by atoms with Crippen LogP contribution in [0.5, 0.6) is 0 Å². The summed E-state index contributed by atoms with van der Waals surface area (Å²) in [4.78, 5) is 7.86. The van der Waals surface area contributed by atoms with Crippen LogP contribution in [0.15, 0.2) is 161 Å². The molecule has 0 fully saturated rings. The summed E-state index contributed by atoms with van der Waals surface area (Å²) in [5, 5.41) is 8.53. The predicted molar refractivity (Wildman–Crippen MR) is 197 cm³/mol. The highest BCUT2D eigenvalue weighted by Gasteiger charge is 2.39. The van der Waals surface area contributed by atoms with Crippen molar-refractivity contribution in [3.63, 3.8) is 0 Å². The van der Waals surface area contributed by atoms with Gasteiger partial charge in [-0.05, 0) is 63.0 Å². The van der Waals surface area contributed by atoms with E-state index in [2.05, 4.69) is 156 Å². The van der Waals surface area contributed by atoms with Gasteiger partial charge in [0.2, 0.25) is 0 Å². The van der Waals surface area contributed by atoms with Crippen LogP contribution >= 0.6 is 0 Å². The van der Waals surface area contributed by atoms with Crippen LogP contribution in [0.2, 0.25) is 0 Å². The highest BCUT2D eigenvalue weighted by atomic mass is 16.3. The number of nitrogens with one attached hydrogen (secondary N) is 1. The Hall–Kier alpha value is -6.13. The molecule has 7 aromatic rings. The first-order chi connectivity index (χ1) is 23.8. The highest BCUT2D eigenvalue weighted by Crippen LogP contribution is 2.44. The number of amidine groups is 1. The van der Waals surface area contributed by atoms with E-state index in [-0.39, 0.29) is 12.1 Å². The van der Waals surface area contributed by atoms with E-state index in [1.54, 1.807) is 0 Å². The van der Waals surface area contributed by atoms with E-state index in [4.69, 9.17) is 9.41 Å². The number of aliphatic imine (C=N–C) groups is 1. The summed E-state index contributed by atoms with van der Waals surface area (Å²) in [5.41, 5.74) is 11.3. The van der Waals surface area contributed by atoms with Crippen molar-refractivity contribution in [2.24, 2.45) is 4.99 Å². The minimum absolute atomic E-state index is 0.0734. The van der Waals surface area contributed by atoms with Gasteiger partial charge in [0.15, 0.2) is 0 Å². The van der Waals surface area contributed by atoms with Gasteiger partial charge in [-0.25, -0.2) is 4.99 Å². The van der Waals surface area contributed by atoms with E-state index in [0.29, 0.717) is 0 Å². The molecule has 3 aliphatic heterocycles. The minimum Gasteiger partial charge on any atom is -0.456 e. The average molecular weight is 618 g/mol. The average Bonchev–Trinajstić information content (AvgIpc) is 3.70. The maximum Gasteiger partial charge on any atom is 0.135 e. The number of benzene rings is 6. The van der Waals surface area contributed by atoms with E-state index in [0.717, 1.165) is 45.5 Å². The van der Waals surface area contributed by atoms with Gasteiger partial charge in [0.1, 0.15) is 23.2 Å². The SMILES string of the molecule is C1=C(c2ccccc2)N=C(N2c3ccc(-c4ccc5oc6ccccc6c5c4)cc3C3=c4ccccc4=CNC32)CC1c1ccccc1. The van der Waals surface area contributed by atoms with Crippen molar-refractivity contribution in [1.82, 2.24) is 5.32 Å². The Morgan fingerprint density at radius 3 is 2.27 bits per heavy atom. The molecule has 0 aliphatic carbocycles. The lowest BCUT2D eigenvalue weighted by Crippen LogP contribution is -2.51. The summed E-state index contributed by atoms with van der Waals surface area (Å²) in [7, 11) is 0. The molecule has 1 N–H and O–H groups in total. The molecule has 1 aromatic heterocycles. The molecule has 0 saturated carbocycles. The molecule has 0 saturated heterocycles. The first-order valence-electron chi connectivity index (χ1n) is 16.6. The maximum atomic E-state index is 6.15. The van der Waals surface area contributed by atoms with Crippen molar-refractivity contribution in [2.75, 3.05) is 4.90 Å². The molecule has 0 amide bonds. The van der Waals surface area contributed by atoms with E-state index in [1.165, 1.54) is 44.0 Å². The van der Waals surface area contributed by atoms with Crippen LogP contribution in [-0.4, -0.2) is 12.0 Å². The van der Waals surface area contributed by atoms with E-state index in [1.807, 2.05) is 12.1 Å². The highest BCUT2D eigenvalue weighted by molar-refractivity contribution is 6.11. The van der Waals surface area contributed by atoms with Gasteiger partial charge in [-0.3, -0.25) is 0 Å². The van der Waals surface area contributed by atoms with Gasteiger partial charge >= 0.3 is 0 Å². The van der Waals surface area contributed by atoms with Crippen LogP contribution in [0.3, 0.4) is 0 Å². The largest absolute Gasteiger partial charge is 0.456 e. The summed E-state index contributed by atoms with van der Waals surface area (Å²) >= 11 is 0. The number of anilines is 1. The predicted octanol–water partition coefficient (Wildman–Crippen LogP) is 8.57. The zero-order valence-electron chi connectivity index (χ0n) is 26.2. The van der Waals surface area contributed by atoms with Crippen LogP contribution < -0.4 is 20.7 Å². The topological polar surface area (TPSA) is 40.8 Å². The number of rotatable bonds is 3. The molecule has 10 rings (SSSR count). The van der Waals surface area contributed by atoms with Crippen LogP contribution in [0.1, 0.15) is 29.0 Å². The third-order valence-electron chi connectivity index (χ3n) is 10.0. The maximum absolute atomic E-state index is 6.15. The van der Waals surface area contributed by atoms with E-state index >= 15 is 0 Å². The fourth-order valence-electron chi connectivity index (χ4n) is 7.74. The van der Waals surface area contributed by atoms with Crippen molar-refractivity contribution in [3.8, 4) is 11.1 Å². The third-order valence-corrected chi connectivity index (χ3v) is 10.0. The lowest BCUT2D eigenvalue weighted by atomic mass is 9.90. The third kappa shape index (κ3) is 4.26. The zero-order valence-corrected chi connectivity index (χ0v) is 26.2. The molecular formula is C44H31N3O. The number of hydrogen-bond acceptors (Lipinski definition) is 4. The molecule has 0 radical (unpaired) electrons. The van der Waals surface area contributed by atoms with Crippen molar-refractivity contribution in [2.45, 2.75) is 18.5 Å². The van der Waals surface area contributed by atoms with Gasteiger partial charge in [0.25, 0.3) is 0 Å². The van der Waals surface area contributed by atoms with Gasteiger partial charge in [-0.15, -0.1) is 0 Å². The fraction of sp³-hybridized carbons (Fsp3) is 0.0682. The van der Waals surface area contributed by atoms with Crippen LogP contribution in [-0.2, 0) is 0 Å². The molecule has 2 unspecified atom stereocenters. The molecule has 48 heavy (non-hydrogen) atoms. The standard InChI is InChI=1S/C44H31N3O/c1-3-11-28(12-4-1)33-25-38(29-13-5-2-6-14-29)46-42(26-33)47-39-21-19-30(24-37(39)43-34-16-8-7-15-32(34)27-45-44(43)47)31-20-22-41-36(23-31)35-17-9-10-18-40(35)48-41/h1-25,27,33,44-45H,26H2. The number of allylic oxidation sites excluding steroid dienone is 1. The smallest absolute Gasteiger partial charge is 0.135 e. The van der Waals surface area contributed by atoms with Crippen LogP contribution in [0, 0.1) is 0 Å². The number of hydrogen-bond donors (Lipinski definition) is 1. The summed E-state index contributed by atoms with van der Waals surface area (Å²) in [6.45, 7) is 0. The Labute approximate surface area is 278 Å². The van der Waals surface area contributed by atoms with Gasteiger partial charge in [-0.2, -0.15) is 0 Å². The normalized spacial score (nSPS) is 18.0. The van der Waals surface area contributed by atoms with Crippen molar-refractivity contribution < 1.29 is 4.42 Å². The lowest BCUT2D eigenvalue weighted by Gasteiger charge is -2.34. The summed E-state index contributed by atoms with van der Waals surface area (Å²) in [5.74, 6) is 1.27. The number of fused-ring (bicyclic) bond motifs is 7. The Balaban J connectivity index is 1.16. The summed E-state index contributed by atoms with van der Waals surface area (Å²) < 4.78 is 6.15. The molecule has 6 aromatic carbocycles. The van der Waals surface area contributed by atoms with Crippen LogP contribution in [0.25, 0.3) is 50.5 Å². The van der Waals surface area contributed by atoms with Gasteiger partial charge < -0.3 is 14.6 Å². The molecule has 0 spiro atoms. The molecule has 228 valence electrons. The number of para-hydroxylation sites is 1. The number of nitrogens with zero attached hydrogens (tertiary/aromatic N) is 2. The molecule has 4 heterocycles. The number of furan rings is 1. The van der Waals surface area contributed by atoms with Gasteiger partial charge in [0.05, 0.1) is 11.4 Å². The second kappa shape index (κ2) is 10.7. The van der Waals surface area contributed by atoms with Crippen molar-refractivity contribution >= 4 is 50.9 Å². The van der Waals surface area contributed by atoms with E-state index < -0.39 is 0 Å². The molecule has 2 atom stereocenters.